The van der Waals surface area contributed by atoms with Crippen molar-refractivity contribution in [2.45, 2.75) is 45.1 Å². The van der Waals surface area contributed by atoms with Gasteiger partial charge in [-0.3, -0.25) is 9.10 Å². The van der Waals surface area contributed by atoms with Crippen molar-refractivity contribution in [2.24, 2.45) is 0 Å². The number of amides is 1. The van der Waals surface area contributed by atoms with Crippen LogP contribution in [0.4, 0.5) is 5.69 Å². The van der Waals surface area contributed by atoms with Gasteiger partial charge in [0.1, 0.15) is 6.04 Å². The molecule has 152 valence electrons. The van der Waals surface area contributed by atoms with E-state index in [4.69, 9.17) is 11.6 Å². The number of carbonyl (C=O) groups excluding carboxylic acids is 1. The summed E-state index contributed by atoms with van der Waals surface area (Å²) in [6, 6.07) is 5.70. The summed E-state index contributed by atoms with van der Waals surface area (Å²) in [5.41, 5.74) is 0.441. The molecule has 0 aliphatic carbocycles. The van der Waals surface area contributed by atoms with Gasteiger partial charge in [-0.15, -0.1) is 0 Å². The van der Waals surface area contributed by atoms with Crippen LogP contribution in [0, 0.1) is 0 Å². The van der Waals surface area contributed by atoms with Crippen molar-refractivity contribution in [3.8, 4) is 0 Å². The number of anilines is 1. The fourth-order valence-corrected chi connectivity index (χ4v) is 4.80. The Hall–Kier alpha value is -1.31. The molecule has 1 amide bonds. The first kappa shape index (κ1) is 22.0. The van der Waals surface area contributed by atoms with E-state index in [0.29, 0.717) is 23.7 Å². The first-order valence-corrected chi connectivity index (χ1v) is 11.8. The highest BCUT2D eigenvalue weighted by Crippen LogP contribution is 2.24. The molecule has 2 rings (SSSR count). The van der Waals surface area contributed by atoms with Gasteiger partial charge in [-0.05, 0) is 56.6 Å². The summed E-state index contributed by atoms with van der Waals surface area (Å²) in [4.78, 5) is 15.1. The van der Waals surface area contributed by atoms with Crippen LogP contribution in [-0.4, -0.2) is 57.7 Å². The van der Waals surface area contributed by atoms with E-state index in [-0.39, 0.29) is 5.91 Å². The molecule has 1 N–H and O–H groups in total. The molecule has 0 saturated carbocycles. The molecule has 0 spiro atoms. The second-order valence-corrected chi connectivity index (χ2v) is 9.30. The molecule has 1 saturated heterocycles. The van der Waals surface area contributed by atoms with E-state index in [1.54, 1.807) is 24.3 Å². The van der Waals surface area contributed by atoms with Crippen LogP contribution in [0.15, 0.2) is 24.3 Å². The van der Waals surface area contributed by atoms with Gasteiger partial charge >= 0.3 is 0 Å². The molecule has 0 radical (unpaired) electrons. The summed E-state index contributed by atoms with van der Waals surface area (Å²) in [7, 11) is -3.62. The largest absolute Gasteiger partial charge is 0.353 e. The van der Waals surface area contributed by atoms with Crippen molar-refractivity contribution >= 4 is 33.2 Å². The van der Waals surface area contributed by atoms with Crippen LogP contribution >= 0.6 is 11.6 Å². The number of nitrogens with one attached hydrogen (secondary N) is 1. The standard InChI is InChI=1S/C19H30ClN3O3S/c1-3-18(19(24)21-12-15-22-13-6-4-5-7-14-22)23(27(2,25)26)17-10-8-16(20)9-11-17/h8-11,18H,3-7,12-15H2,1-2H3,(H,21,24). The zero-order valence-electron chi connectivity index (χ0n) is 16.2. The first-order valence-electron chi connectivity index (χ1n) is 9.58. The van der Waals surface area contributed by atoms with E-state index >= 15 is 0 Å². The first-order chi connectivity index (χ1) is 12.8. The Labute approximate surface area is 167 Å². The third kappa shape index (κ3) is 6.66. The average molecular weight is 416 g/mol. The smallest absolute Gasteiger partial charge is 0.243 e. The van der Waals surface area contributed by atoms with Gasteiger partial charge in [0, 0.05) is 18.1 Å². The quantitative estimate of drug-likeness (QED) is 0.708. The molecule has 6 nitrogen and oxygen atoms in total. The summed E-state index contributed by atoms with van der Waals surface area (Å²) >= 11 is 5.91. The Bertz CT molecular complexity index is 701. The minimum absolute atomic E-state index is 0.271. The van der Waals surface area contributed by atoms with Crippen LogP contribution < -0.4 is 9.62 Å². The van der Waals surface area contributed by atoms with E-state index < -0.39 is 16.1 Å². The van der Waals surface area contributed by atoms with Gasteiger partial charge in [0.25, 0.3) is 0 Å². The van der Waals surface area contributed by atoms with Gasteiger partial charge in [-0.1, -0.05) is 31.4 Å². The van der Waals surface area contributed by atoms with Crippen LogP contribution in [0.2, 0.25) is 5.02 Å². The second kappa shape index (κ2) is 10.3. The molecule has 27 heavy (non-hydrogen) atoms. The fourth-order valence-electron chi connectivity index (χ4n) is 3.46. The van der Waals surface area contributed by atoms with Gasteiger partial charge in [0.05, 0.1) is 11.9 Å². The Morgan fingerprint density at radius 2 is 1.78 bits per heavy atom. The lowest BCUT2D eigenvalue weighted by molar-refractivity contribution is -0.122. The van der Waals surface area contributed by atoms with Crippen molar-refractivity contribution in [1.82, 2.24) is 10.2 Å². The Morgan fingerprint density at radius 3 is 2.30 bits per heavy atom. The number of hydrogen-bond acceptors (Lipinski definition) is 4. The van der Waals surface area contributed by atoms with Gasteiger partial charge in [0.2, 0.25) is 15.9 Å². The summed E-state index contributed by atoms with van der Waals surface area (Å²) in [6.45, 7) is 5.25. The minimum atomic E-state index is -3.62. The summed E-state index contributed by atoms with van der Waals surface area (Å²) in [5, 5.41) is 3.44. The molecule has 0 bridgehead atoms. The third-order valence-corrected chi connectivity index (χ3v) is 6.27. The van der Waals surface area contributed by atoms with E-state index in [9.17, 15) is 13.2 Å². The van der Waals surface area contributed by atoms with Crippen LogP contribution in [0.1, 0.15) is 39.0 Å². The Balaban J connectivity index is 2.04. The SMILES string of the molecule is CCC(C(=O)NCCN1CCCCCC1)N(c1ccc(Cl)cc1)S(C)(=O)=O. The highest BCUT2D eigenvalue weighted by molar-refractivity contribution is 7.92. The van der Waals surface area contributed by atoms with Gasteiger partial charge in [-0.2, -0.15) is 0 Å². The zero-order valence-corrected chi connectivity index (χ0v) is 17.7. The number of likely N-dealkylation sites (tertiary alicyclic amines) is 1. The molecule has 1 aliphatic heterocycles. The molecule has 1 aromatic rings. The summed E-state index contributed by atoms with van der Waals surface area (Å²) in [5.74, 6) is -0.271. The third-order valence-electron chi connectivity index (χ3n) is 4.84. The molecule has 1 unspecified atom stereocenters. The molecule has 8 heteroatoms. The molecule has 1 aromatic carbocycles. The van der Waals surface area contributed by atoms with E-state index in [1.165, 1.54) is 30.0 Å². The van der Waals surface area contributed by atoms with Crippen molar-refractivity contribution in [2.75, 3.05) is 36.7 Å². The van der Waals surface area contributed by atoms with Crippen molar-refractivity contribution < 1.29 is 13.2 Å². The fraction of sp³-hybridized carbons (Fsp3) is 0.632. The van der Waals surface area contributed by atoms with E-state index in [2.05, 4.69) is 10.2 Å². The van der Waals surface area contributed by atoms with Gasteiger partial charge < -0.3 is 10.2 Å². The van der Waals surface area contributed by atoms with Crippen molar-refractivity contribution in [3.05, 3.63) is 29.3 Å². The van der Waals surface area contributed by atoms with Gasteiger partial charge in [-0.25, -0.2) is 8.42 Å². The highest BCUT2D eigenvalue weighted by Gasteiger charge is 2.31. The molecular weight excluding hydrogens is 386 g/mol. The van der Waals surface area contributed by atoms with Crippen molar-refractivity contribution in [3.63, 3.8) is 0 Å². The van der Waals surface area contributed by atoms with Gasteiger partial charge in [0.15, 0.2) is 0 Å². The summed E-state index contributed by atoms with van der Waals surface area (Å²) in [6.07, 6.45) is 6.43. The number of nitrogens with zero attached hydrogens (tertiary/aromatic N) is 2. The van der Waals surface area contributed by atoms with Crippen molar-refractivity contribution in [1.29, 1.82) is 0 Å². The average Bonchev–Trinajstić information content (AvgIpc) is 2.88. The number of hydrogen-bond donors (Lipinski definition) is 1. The molecule has 1 aliphatic rings. The Morgan fingerprint density at radius 1 is 1.19 bits per heavy atom. The number of rotatable bonds is 8. The Kier molecular flexibility index (Phi) is 8.38. The number of sulfonamides is 1. The van der Waals surface area contributed by atoms with Crippen LogP contribution in [0.3, 0.4) is 0 Å². The maximum atomic E-state index is 12.8. The lowest BCUT2D eigenvalue weighted by atomic mass is 10.2. The monoisotopic (exact) mass is 415 g/mol. The van der Waals surface area contributed by atoms with Crippen LogP contribution in [-0.2, 0) is 14.8 Å². The van der Waals surface area contributed by atoms with E-state index in [1.807, 2.05) is 6.92 Å². The lowest BCUT2D eigenvalue weighted by Gasteiger charge is -2.30. The van der Waals surface area contributed by atoms with Crippen LogP contribution in [0.25, 0.3) is 0 Å². The summed E-state index contributed by atoms with van der Waals surface area (Å²) < 4.78 is 26.0. The second-order valence-electron chi connectivity index (χ2n) is 7.01. The molecule has 1 heterocycles. The lowest BCUT2D eigenvalue weighted by Crippen LogP contribution is -2.50. The molecule has 0 aromatic heterocycles. The predicted octanol–water partition coefficient (Wildman–Crippen LogP) is 2.88. The maximum absolute atomic E-state index is 12.8. The highest BCUT2D eigenvalue weighted by atomic mass is 35.5. The normalized spacial score (nSPS) is 17.1. The van der Waals surface area contributed by atoms with Crippen LogP contribution in [0.5, 0.6) is 0 Å². The number of carbonyl (C=O) groups is 1. The minimum Gasteiger partial charge on any atom is -0.353 e. The molecular formula is C19H30ClN3O3S. The maximum Gasteiger partial charge on any atom is 0.243 e. The molecule has 1 atom stereocenters. The number of halogens is 1. The molecule has 1 fully saturated rings. The predicted molar refractivity (Wildman–Crippen MR) is 111 cm³/mol. The topological polar surface area (TPSA) is 69.7 Å². The van der Waals surface area contributed by atoms with E-state index in [0.717, 1.165) is 25.9 Å². The zero-order chi connectivity index (χ0) is 19.9. The number of benzene rings is 1.